The number of ether oxygens (including phenoxy) is 2. The molecule has 0 aliphatic carbocycles. The van der Waals surface area contributed by atoms with Crippen molar-refractivity contribution in [2.75, 3.05) is 25.3 Å². The average molecular weight is 453 g/mol. The number of amidine groups is 2. The number of rotatable bonds is 6. The van der Waals surface area contributed by atoms with E-state index in [1.807, 2.05) is 38.1 Å². The van der Waals surface area contributed by atoms with Gasteiger partial charge in [0.1, 0.15) is 11.9 Å². The molecular formula is C23H24N4O4S. The lowest BCUT2D eigenvalue weighted by Crippen LogP contribution is -2.42. The third kappa shape index (κ3) is 4.08. The summed E-state index contributed by atoms with van der Waals surface area (Å²) in [5, 5.41) is 3.30. The molecule has 1 atom stereocenters. The summed E-state index contributed by atoms with van der Waals surface area (Å²) < 4.78 is 10.5. The summed E-state index contributed by atoms with van der Waals surface area (Å²) in [6, 6.07) is 12.3. The molecule has 2 aliphatic rings. The first-order valence-corrected chi connectivity index (χ1v) is 11.2. The van der Waals surface area contributed by atoms with Crippen LogP contribution in [0.3, 0.4) is 0 Å². The molecule has 0 bridgehead atoms. The number of hydrogen-bond donors (Lipinski definition) is 1. The summed E-state index contributed by atoms with van der Waals surface area (Å²) >= 11 is 1.21. The van der Waals surface area contributed by atoms with Crippen molar-refractivity contribution >= 4 is 46.0 Å². The summed E-state index contributed by atoms with van der Waals surface area (Å²) in [5.74, 6) is 1.50. The molecule has 1 N–H and O–H groups in total. The molecule has 0 unspecified atom stereocenters. The van der Waals surface area contributed by atoms with Gasteiger partial charge in [-0.15, -0.1) is 0 Å². The predicted octanol–water partition coefficient (Wildman–Crippen LogP) is 3.69. The first-order valence-electron chi connectivity index (χ1n) is 10.2. The molecule has 0 saturated carbocycles. The molecule has 32 heavy (non-hydrogen) atoms. The molecule has 4 rings (SSSR count). The third-order valence-corrected chi connectivity index (χ3v) is 6.07. The van der Waals surface area contributed by atoms with Crippen molar-refractivity contribution in [3.8, 4) is 11.5 Å². The second kappa shape index (κ2) is 9.04. The van der Waals surface area contributed by atoms with E-state index >= 15 is 0 Å². The van der Waals surface area contributed by atoms with Gasteiger partial charge >= 0.3 is 0 Å². The normalized spacial score (nSPS) is 16.8. The van der Waals surface area contributed by atoms with Crippen LogP contribution in [-0.2, 0) is 9.59 Å². The van der Waals surface area contributed by atoms with Crippen molar-refractivity contribution in [2.24, 2.45) is 15.9 Å². The van der Waals surface area contributed by atoms with Gasteiger partial charge in [-0.1, -0.05) is 37.7 Å². The Bertz CT molecular complexity index is 1130. The minimum atomic E-state index is -0.456. The summed E-state index contributed by atoms with van der Waals surface area (Å²) in [7, 11) is 3.09. The highest BCUT2D eigenvalue weighted by molar-refractivity contribution is 8.14. The number of nitrogens with one attached hydrogen (secondary N) is 1. The van der Waals surface area contributed by atoms with Crippen molar-refractivity contribution in [1.82, 2.24) is 4.90 Å². The Labute approximate surface area is 190 Å². The molecule has 8 nitrogen and oxygen atoms in total. The molecule has 2 aromatic rings. The van der Waals surface area contributed by atoms with Gasteiger partial charge in [-0.3, -0.25) is 14.6 Å². The molecule has 2 heterocycles. The quantitative estimate of drug-likeness (QED) is 0.722. The lowest BCUT2D eigenvalue weighted by atomic mass is 10.1. The van der Waals surface area contributed by atoms with Gasteiger partial charge < -0.3 is 14.8 Å². The molecule has 2 amide bonds. The number of carbonyl (C=O) groups is 2. The number of amides is 2. The van der Waals surface area contributed by atoms with E-state index in [1.165, 1.54) is 18.9 Å². The Morgan fingerprint density at radius 2 is 1.91 bits per heavy atom. The van der Waals surface area contributed by atoms with E-state index in [-0.39, 0.29) is 23.5 Å². The van der Waals surface area contributed by atoms with E-state index in [2.05, 4.69) is 15.3 Å². The zero-order valence-electron chi connectivity index (χ0n) is 18.3. The Morgan fingerprint density at radius 1 is 1.16 bits per heavy atom. The van der Waals surface area contributed by atoms with Crippen LogP contribution in [0.15, 0.2) is 52.4 Å². The lowest BCUT2D eigenvalue weighted by molar-refractivity contribution is -0.125. The number of benzene rings is 2. The van der Waals surface area contributed by atoms with E-state index in [9.17, 15) is 9.59 Å². The Morgan fingerprint density at radius 3 is 2.62 bits per heavy atom. The smallest absolute Gasteiger partial charge is 0.259 e. The van der Waals surface area contributed by atoms with Crippen molar-refractivity contribution < 1.29 is 19.1 Å². The fourth-order valence-electron chi connectivity index (χ4n) is 3.54. The van der Waals surface area contributed by atoms with Crippen LogP contribution in [-0.4, -0.2) is 53.7 Å². The number of methoxy groups -OCH3 is 2. The van der Waals surface area contributed by atoms with Gasteiger partial charge in [-0.25, -0.2) is 9.89 Å². The van der Waals surface area contributed by atoms with Gasteiger partial charge in [0.25, 0.3) is 5.91 Å². The van der Waals surface area contributed by atoms with Gasteiger partial charge in [0.05, 0.1) is 25.7 Å². The van der Waals surface area contributed by atoms with E-state index in [1.54, 1.807) is 30.2 Å². The van der Waals surface area contributed by atoms with Crippen LogP contribution in [0.5, 0.6) is 11.5 Å². The topological polar surface area (TPSA) is 92.6 Å². The highest BCUT2D eigenvalue weighted by Gasteiger charge is 2.42. The highest BCUT2D eigenvalue weighted by Crippen LogP contribution is 2.35. The number of aliphatic imine (C=N–C) groups is 2. The van der Waals surface area contributed by atoms with Gasteiger partial charge in [0.15, 0.2) is 16.7 Å². The van der Waals surface area contributed by atoms with Crippen LogP contribution in [0, 0.1) is 5.92 Å². The Kier molecular flexibility index (Phi) is 6.18. The summed E-state index contributed by atoms with van der Waals surface area (Å²) in [6.45, 7) is 3.94. The zero-order chi connectivity index (χ0) is 22.8. The number of hydrogen-bond acceptors (Lipinski definition) is 7. The minimum absolute atomic E-state index is 0.0624. The molecule has 2 aliphatic heterocycles. The molecule has 166 valence electrons. The van der Waals surface area contributed by atoms with Crippen LogP contribution in [0.4, 0.5) is 11.4 Å². The van der Waals surface area contributed by atoms with Crippen LogP contribution < -0.4 is 14.8 Å². The van der Waals surface area contributed by atoms with Gasteiger partial charge in [-0.2, -0.15) is 0 Å². The number of anilines is 1. The second-order valence-corrected chi connectivity index (χ2v) is 8.58. The maximum absolute atomic E-state index is 13.1. The molecule has 0 fully saturated rings. The monoisotopic (exact) mass is 452 g/mol. The van der Waals surface area contributed by atoms with Crippen LogP contribution >= 0.6 is 11.8 Å². The summed E-state index contributed by atoms with van der Waals surface area (Å²) in [5.41, 5.74) is 2.15. The molecule has 2 aromatic carbocycles. The SMILES string of the molecule is COc1ccc(NC(=O)CSC2=Nc3ccccc3C3=N[C@@H](C(C)C)C(=O)N23)cc1OC. The van der Waals surface area contributed by atoms with Crippen LogP contribution in [0.2, 0.25) is 0 Å². The molecule has 0 radical (unpaired) electrons. The molecule has 9 heteroatoms. The van der Waals surface area contributed by atoms with Crippen molar-refractivity contribution in [1.29, 1.82) is 0 Å². The third-order valence-electron chi connectivity index (χ3n) is 5.13. The van der Waals surface area contributed by atoms with Crippen LogP contribution in [0.25, 0.3) is 0 Å². The van der Waals surface area contributed by atoms with Crippen molar-refractivity contribution in [2.45, 2.75) is 19.9 Å². The Balaban J connectivity index is 1.52. The summed E-state index contributed by atoms with van der Waals surface area (Å²) in [4.78, 5) is 36.5. The number of carbonyl (C=O) groups excluding carboxylic acids is 2. The maximum Gasteiger partial charge on any atom is 0.259 e. The first kappa shape index (κ1) is 21.9. The predicted molar refractivity (Wildman–Crippen MR) is 126 cm³/mol. The van der Waals surface area contributed by atoms with Gasteiger partial charge in [0, 0.05) is 17.3 Å². The Hall–Kier alpha value is -3.33. The maximum atomic E-state index is 13.1. The van der Waals surface area contributed by atoms with E-state index in [0.29, 0.717) is 28.2 Å². The minimum Gasteiger partial charge on any atom is -0.493 e. The second-order valence-electron chi connectivity index (χ2n) is 7.63. The summed E-state index contributed by atoms with van der Waals surface area (Å²) in [6.07, 6.45) is 0. The highest BCUT2D eigenvalue weighted by atomic mass is 32.2. The zero-order valence-corrected chi connectivity index (χ0v) is 19.1. The fourth-order valence-corrected chi connectivity index (χ4v) is 4.34. The number of nitrogens with zero attached hydrogens (tertiary/aromatic N) is 3. The van der Waals surface area contributed by atoms with Crippen molar-refractivity contribution in [3.05, 3.63) is 48.0 Å². The number of para-hydroxylation sites is 1. The standard InChI is InChI=1S/C23H24N4O4S/c1-13(2)20-22(29)27-21(26-20)15-7-5-6-8-16(15)25-23(27)32-12-19(28)24-14-9-10-17(30-3)18(11-14)31-4/h5-11,13,20H,12H2,1-4H3,(H,24,28)/t20-/m0/s1. The van der Waals surface area contributed by atoms with Gasteiger partial charge in [-0.05, 0) is 30.2 Å². The van der Waals surface area contributed by atoms with Gasteiger partial charge in [0.2, 0.25) is 5.91 Å². The van der Waals surface area contributed by atoms with Crippen LogP contribution in [0.1, 0.15) is 19.4 Å². The fraction of sp³-hybridized carbons (Fsp3) is 0.304. The number of thioether (sulfide) groups is 1. The first-order chi connectivity index (χ1) is 15.4. The lowest BCUT2D eigenvalue weighted by Gasteiger charge is -2.25. The van der Waals surface area contributed by atoms with E-state index in [4.69, 9.17) is 9.47 Å². The molecule has 0 saturated heterocycles. The van der Waals surface area contributed by atoms with E-state index in [0.717, 1.165) is 11.3 Å². The molecule has 0 spiro atoms. The van der Waals surface area contributed by atoms with E-state index < -0.39 is 6.04 Å². The number of fused-ring (bicyclic) bond motifs is 3. The average Bonchev–Trinajstić information content (AvgIpc) is 3.15. The molecule has 0 aromatic heterocycles. The van der Waals surface area contributed by atoms with Crippen molar-refractivity contribution in [3.63, 3.8) is 0 Å². The largest absolute Gasteiger partial charge is 0.493 e. The molecular weight excluding hydrogens is 428 g/mol.